The van der Waals surface area contributed by atoms with Crippen molar-refractivity contribution in [2.75, 3.05) is 5.32 Å². The number of aromatic nitrogens is 2. The minimum absolute atomic E-state index is 0.346. The Hall–Kier alpha value is -4.55. The first-order chi connectivity index (χ1) is 17.6. The number of para-hydroxylation sites is 1. The molecule has 1 aliphatic rings. The number of amides is 3. The normalized spacial score (nSPS) is 17.0. The molecule has 0 unspecified atom stereocenters. The molecule has 2 heterocycles. The Labute approximate surface area is 208 Å². The molecule has 4 N–H and O–H groups in total. The van der Waals surface area contributed by atoms with E-state index in [2.05, 4.69) is 30.3 Å². The van der Waals surface area contributed by atoms with Crippen molar-refractivity contribution in [2.24, 2.45) is 16.6 Å². The molecule has 3 atom stereocenters. The first-order valence-corrected chi connectivity index (χ1v) is 11.1. The summed E-state index contributed by atoms with van der Waals surface area (Å²) >= 11 is 0. The van der Waals surface area contributed by atoms with Crippen LogP contribution in [0.3, 0.4) is 0 Å². The second-order valence-electron chi connectivity index (χ2n) is 8.22. The number of aliphatic imine (C=N–C) groups is 1. The van der Waals surface area contributed by atoms with Crippen LogP contribution in [0.4, 0.5) is 18.9 Å². The number of hydrogen-bond donors (Lipinski definition) is 3. The molecule has 4 rings (SSSR count). The van der Waals surface area contributed by atoms with Gasteiger partial charge in [0.15, 0.2) is 5.82 Å². The summed E-state index contributed by atoms with van der Waals surface area (Å²) in [5, 5.41) is 8.54. The molecule has 0 aliphatic carbocycles. The zero-order chi connectivity index (χ0) is 26.6. The van der Waals surface area contributed by atoms with Crippen LogP contribution in [0.2, 0.25) is 0 Å². The van der Waals surface area contributed by atoms with Gasteiger partial charge in [-0.2, -0.15) is 18.2 Å². The number of halogens is 3. The maximum Gasteiger partial charge on any atom is 0.389 e. The summed E-state index contributed by atoms with van der Waals surface area (Å²) in [6, 6.07) is 15.7. The van der Waals surface area contributed by atoms with Crippen LogP contribution in [0.5, 0.6) is 0 Å². The highest BCUT2D eigenvalue weighted by atomic mass is 19.4. The molecule has 10 nitrogen and oxygen atoms in total. The smallest absolute Gasteiger partial charge is 0.369 e. The number of carbonyl (C=O) groups excluding carboxylic acids is 3. The van der Waals surface area contributed by atoms with Gasteiger partial charge in [-0.1, -0.05) is 53.7 Å². The third-order valence-electron chi connectivity index (χ3n) is 5.71. The van der Waals surface area contributed by atoms with Crippen molar-refractivity contribution < 1.29 is 32.1 Å². The number of nitrogens with one attached hydrogen (secondary N) is 2. The van der Waals surface area contributed by atoms with Gasteiger partial charge in [0.25, 0.3) is 5.91 Å². The van der Waals surface area contributed by atoms with Gasteiger partial charge in [0.1, 0.15) is 5.92 Å². The summed E-state index contributed by atoms with van der Waals surface area (Å²) in [6.07, 6.45) is -7.51. The van der Waals surface area contributed by atoms with E-state index < -0.39 is 54.7 Å². The average Bonchev–Trinajstić information content (AvgIpc) is 3.34. The summed E-state index contributed by atoms with van der Waals surface area (Å²) in [7, 11) is 0. The number of fused-ring (bicyclic) bond motifs is 1. The molecule has 13 heteroatoms. The van der Waals surface area contributed by atoms with Crippen molar-refractivity contribution >= 4 is 29.1 Å². The monoisotopic (exact) mass is 514 g/mol. The van der Waals surface area contributed by atoms with E-state index in [0.717, 1.165) is 6.39 Å². The molecular weight excluding hydrogens is 493 g/mol. The number of primary amides is 1. The van der Waals surface area contributed by atoms with Crippen LogP contribution < -0.4 is 16.4 Å². The van der Waals surface area contributed by atoms with Crippen LogP contribution >= 0.6 is 0 Å². The van der Waals surface area contributed by atoms with Crippen LogP contribution in [0.15, 0.2) is 70.5 Å². The Morgan fingerprint density at radius 1 is 1.11 bits per heavy atom. The predicted molar refractivity (Wildman–Crippen MR) is 124 cm³/mol. The Bertz CT molecular complexity index is 1310. The summed E-state index contributed by atoms with van der Waals surface area (Å²) in [5.41, 5.74) is 7.44. The molecule has 1 aliphatic heterocycles. The summed E-state index contributed by atoms with van der Waals surface area (Å²) in [5.74, 6) is -6.55. The minimum Gasteiger partial charge on any atom is -0.369 e. The predicted octanol–water partition coefficient (Wildman–Crippen LogP) is 2.53. The zero-order valence-electron chi connectivity index (χ0n) is 19.1. The molecule has 2 aromatic carbocycles. The molecule has 0 saturated heterocycles. The Balaban J connectivity index is 1.70. The van der Waals surface area contributed by atoms with Crippen molar-refractivity contribution in [3.05, 3.63) is 77.9 Å². The number of hydrogen-bond acceptors (Lipinski definition) is 7. The lowest BCUT2D eigenvalue weighted by molar-refractivity contribution is -0.144. The molecule has 0 bridgehead atoms. The van der Waals surface area contributed by atoms with Crippen LogP contribution in [0, 0.1) is 5.92 Å². The SMILES string of the molecule is NC(=O)[C@@H](c1ncon1)[C@@H](CCC(F)(F)F)C(=O)N[C@H]1N=C(c2ccccc2)c2ccccc2NC1=O. The second kappa shape index (κ2) is 10.6. The van der Waals surface area contributed by atoms with E-state index in [1.807, 2.05) is 0 Å². The van der Waals surface area contributed by atoms with E-state index in [9.17, 15) is 27.6 Å². The number of nitrogens with two attached hydrogens (primary N) is 1. The van der Waals surface area contributed by atoms with Gasteiger partial charge in [-0.05, 0) is 12.5 Å². The molecule has 0 spiro atoms. The number of carbonyl (C=O) groups is 3. The fraction of sp³-hybridized carbons (Fsp3) is 0.250. The topological polar surface area (TPSA) is 153 Å². The standard InChI is InChI=1S/C24H21F3N6O4/c25-24(26,27)11-10-15(17(19(28)34)20-29-12-37-33-20)22(35)32-21-23(36)30-16-9-5-4-8-14(16)18(31-21)13-6-2-1-3-7-13/h1-9,12,15,17,21H,10-11H2,(H2,28,34)(H,30,36)(H,32,35)/t15-,17+,21-/m1/s1. The lowest BCUT2D eigenvalue weighted by atomic mass is 9.86. The molecule has 37 heavy (non-hydrogen) atoms. The number of nitrogens with zero attached hydrogens (tertiary/aromatic N) is 3. The summed E-state index contributed by atoms with van der Waals surface area (Å²) < 4.78 is 43.8. The molecule has 0 saturated carbocycles. The van der Waals surface area contributed by atoms with Crippen molar-refractivity contribution in [3.63, 3.8) is 0 Å². The minimum atomic E-state index is -4.63. The van der Waals surface area contributed by atoms with Crippen LogP contribution in [-0.2, 0) is 14.4 Å². The average molecular weight is 514 g/mol. The lowest BCUT2D eigenvalue weighted by Gasteiger charge is -2.24. The fourth-order valence-electron chi connectivity index (χ4n) is 4.01. The lowest BCUT2D eigenvalue weighted by Crippen LogP contribution is -2.47. The third kappa shape index (κ3) is 6.00. The highest BCUT2D eigenvalue weighted by Crippen LogP contribution is 2.32. The number of benzodiazepines with no additional fused rings is 1. The fourth-order valence-corrected chi connectivity index (χ4v) is 4.01. The maximum absolute atomic E-state index is 13.3. The van der Waals surface area contributed by atoms with E-state index in [-0.39, 0.29) is 5.82 Å². The zero-order valence-corrected chi connectivity index (χ0v) is 19.1. The van der Waals surface area contributed by atoms with Gasteiger partial charge in [-0.3, -0.25) is 14.4 Å². The van der Waals surface area contributed by atoms with Crippen LogP contribution in [0.1, 0.15) is 35.7 Å². The third-order valence-corrected chi connectivity index (χ3v) is 5.71. The number of alkyl halides is 3. The van der Waals surface area contributed by atoms with E-state index in [1.165, 1.54) is 0 Å². The number of anilines is 1. The summed E-state index contributed by atoms with van der Waals surface area (Å²) in [4.78, 5) is 46.7. The Morgan fingerprint density at radius 2 is 1.81 bits per heavy atom. The Kier molecular flexibility index (Phi) is 7.32. The van der Waals surface area contributed by atoms with Gasteiger partial charge in [0.05, 0.1) is 17.3 Å². The number of rotatable bonds is 8. The van der Waals surface area contributed by atoms with Crippen molar-refractivity contribution in [1.29, 1.82) is 0 Å². The van der Waals surface area contributed by atoms with Gasteiger partial charge in [0.2, 0.25) is 24.4 Å². The Morgan fingerprint density at radius 3 is 2.46 bits per heavy atom. The molecule has 192 valence electrons. The molecule has 3 amide bonds. The van der Waals surface area contributed by atoms with E-state index in [0.29, 0.717) is 22.5 Å². The molecule has 0 fully saturated rings. The summed E-state index contributed by atoms with van der Waals surface area (Å²) in [6.45, 7) is 0. The first kappa shape index (κ1) is 25.5. The maximum atomic E-state index is 13.3. The van der Waals surface area contributed by atoms with Gasteiger partial charge in [0, 0.05) is 17.5 Å². The van der Waals surface area contributed by atoms with E-state index in [1.54, 1.807) is 54.6 Å². The quantitative estimate of drug-likeness (QED) is 0.420. The highest BCUT2D eigenvalue weighted by molar-refractivity contribution is 6.19. The molecule has 3 aromatic rings. The van der Waals surface area contributed by atoms with Crippen molar-refractivity contribution in [2.45, 2.75) is 31.1 Å². The molecular formula is C24H21F3N6O4. The van der Waals surface area contributed by atoms with E-state index >= 15 is 0 Å². The second-order valence-corrected chi connectivity index (χ2v) is 8.22. The van der Waals surface area contributed by atoms with Gasteiger partial charge >= 0.3 is 6.18 Å². The molecule has 0 radical (unpaired) electrons. The van der Waals surface area contributed by atoms with Crippen LogP contribution in [-0.4, -0.2) is 45.9 Å². The van der Waals surface area contributed by atoms with Gasteiger partial charge in [-0.25, -0.2) is 4.99 Å². The van der Waals surface area contributed by atoms with Gasteiger partial charge < -0.3 is 20.9 Å². The highest BCUT2D eigenvalue weighted by Gasteiger charge is 2.41. The first-order valence-electron chi connectivity index (χ1n) is 11.1. The van der Waals surface area contributed by atoms with Crippen molar-refractivity contribution in [1.82, 2.24) is 15.5 Å². The largest absolute Gasteiger partial charge is 0.389 e. The van der Waals surface area contributed by atoms with E-state index in [4.69, 9.17) is 5.73 Å². The van der Waals surface area contributed by atoms with Crippen LogP contribution in [0.25, 0.3) is 0 Å². The molecule has 1 aromatic heterocycles. The number of benzene rings is 2. The van der Waals surface area contributed by atoms with Gasteiger partial charge in [-0.15, -0.1) is 0 Å². The van der Waals surface area contributed by atoms with Crippen molar-refractivity contribution in [3.8, 4) is 0 Å².